The third-order valence-electron chi connectivity index (χ3n) is 11.7. The molecule has 2 amide bonds. The molecule has 0 bridgehead atoms. The Labute approximate surface area is 374 Å². The molecule has 1 saturated heterocycles. The zero-order valence-electron chi connectivity index (χ0n) is 35.4. The SMILES string of the molecule is C=CC(=O)N1CCN(c2nc(NCCC(=O)NCc3ccc(-n4c(-c5cc(CCC)c(O)cc5O)n[nH]c4=O)cc3)nc3c2CCN(c2cccc4cccc(Cl)c24)C3)CC1CC#N. The highest BCUT2D eigenvalue weighted by Crippen LogP contribution is 2.38. The number of anilines is 3. The highest BCUT2D eigenvalue weighted by atomic mass is 35.5. The minimum Gasteiger partial charge on any atom is -0.508 e. The molecule has 64 heavy (non-hydrogen) atoms. The molecule has 1 unspecified atom stereocenters. The first-order chi connectivity index (χ1) is 31.1. The number of aromatic nitrogens is 5. The molecular formula is C47H48ClN11O5. The standard InChI is InChI=1S/C47H48ClN11O5/c1-3-7-31-24-35(40(61)25-39(31)60)45-54-55-47(64)59(45)32-14-12-29(13-15-32)26-51-41(62)17-20-50-46-52-37-28-56(38-11-6-9-30-8-5-10-36(48)43(30)38)21-18-34(37)44(53-46)57-22-23-58(42(63)4-2)33(27-57)16-19-49/h4-6,8-15,24-25,33,60-61H,2-3,7,16-18,20-23,26-28H2,1H3,(H,51,62)(H,55,64)(H,50,52,53). The molecular weight excluding hydrogens is 834 g/mol. The van der Waals surface area contributed by atoms with Gasteiger partial charge in [-0.25, -0.2) is 19.4 Å². The number of phenolic OH excluding ortho intramolecular Hbond substituents is 2. The molecule has 4 heterocycles. The lowest BCUT2D eigenvalue weighted by Crippen LogP contribution is -2.55. The molecule has 328 valence electrons. The van der Waals surface area contributed by atoms with Crippen LogP contribution in [0.3, 0.4) is 0 Å². The van der Waals surface area contributed by atoms with Crippen molar-refractivity contribution in [1.29, 1.82) is 5.26 Å². The van der Waals surface area contributed by atoms with Crippen molar-refractivity contribution in [1.82, 2.24) is 34.9 Å². The van der Waals surface area contributed by atoms with E-state index in [1.54, 1.807) is 35.2 Å². The van der Waals surface area contributed by atoms with Gasteiger partial charge in [0.05, 0.1) is 47.0 Å². The summed E-state index contributed by atoms with van der Waals surface area (Å²) < 4.78 is 1.34. The van der Waals surface area contributed by atoms with Gasteiger partial charge < -0.3 is 35.5 Å². The van der Waals surface area contributed by atoms with E-state index in [1.807, 2.05) is 37.3 Å². The van der Waals surface area contributed by atoms with Crippen LogP contribution in [-0.4, -0.2) is 90.4 Å². The van der Waals surface area contributed by atoms with E-state index in [0.29, 0.717) is 73.4 Å². The first-order valence-corrected chi connectivity index (χ1v) is 21.6. The second kappa shape index (κ2) is 18.9. The number of rotatable bonds is 14. The molecule has 5 N–H and O–H groups in total. The second-order valence-corrected chi connectivity index (χ2v) is 16.2. The number of carbonyl (C=O) groups excluding carboxylic acids is 2. The molecule has 0 spiro atoms. The zero-order chi connectivity index (χ0) is 44.9. The topological polar surface area (TPSA) is 209 Å². The molecule has 2 aliphatic heterocycles. The number of aryl methyl sites for hydroxylation is 1. The molecule has 1 atom stereocenters. The summed E-state index contributed by atoms with van der Waals surface area (Å²) in [6.07, 6.45) is 3.60. The van der Waals surface area contributed by atoms with Gasteiger partial charge in [-0.1, -0.05) is 67.9 Å². The maximum atomic E-state index is 13.1. The maximum Gasteiger partial charge on any atom is 0.348 e. The van der Waals surface area contributed by atoms with Gasteiger partial charge in [-0.3, -0.25) is 9.59 Å². The lowest BCUT2D eigenvalue weighted by molar-refractivity contribution is -0.128. The molecule has 16 nitrogen and oxygen atoms in total. The van der Waals surface area contributed by atoms with Crippen LogP contribution in [-0.2, 0) is 35.5 Å². The Bertz CT molecular complexity index is 2830. The minimum atomic E-state index is -0.499. The monoisotopic (exact) mass is 881 g/mol. The first-order valence-electron chi connectivity index (χ1n) is 21.3. The van der Waals surface area contributed by atoms with Crippen molar-refractivity contribution >= 4 is 51.6 Å². The molecule has 8 rings (SSSR count). The predicted octanol–water partition coefficient (Wildman–Crippen LogP) is 5.99. The van der Waals surface area contributed by atoms with Crippen molar-refractivity contribution in [3.63, 3.8) is 0 Å². The number of hydrogen-bond donors (Lipinski definition) is 5. The summed E-state index contributed by atoms with van der Waals surface area (Å²) >= 11 is 6.75. The fraction of sp³-hybridized carbons (Fsp3) is 0.298. The highest BCUT2D eigenvalue weighted by molar-refractivity contribution is 6.36. The summed E-state index contributed by atoms with van der Waals surface area (Å²) in [6, 6.07) is 23.9. The van der Waals surface area contributed by atoms with Crippen LogP contribution in [0.5, 0.6) is 11.5 Å². The molecule has 17 heteroatoms. The van der Waals surface area contributed by atoms with E-state index in [0.717, 1.165) is 45.5 Å². The van der Waals surface area contributed by atoms with Crippen LogP contribution in [0.1, 0.15) is 48.6 Å². The molecule has 2 aromatic heterocycles. The number of nitrogens with zero attached hydrogens (tertiary/aromatic N) is 8. The third kappa shape index (κ3) is 8.93. The number of H-pyrrole nitrogens is 1. The predicted molar refractivity (Wildman–Crippen MR) is 246 cm³/mol. The molecule has 1 fully saturated rings. The minimum absolute atomic E-state index is 0.0247. The normalized spacial score (nSPS) is 14.8. The van der Waals surface area contributed by atoms with Gasteiger partial charge in [-0.05, 0) is 65.8 Å². The molecule has 2 aliphatic rings. The van der Waals surface area contributed by atoms with E-state index < -0.39 is 5.69 Å². The van der Waals surface area contributed by atoms with E-state index in [2.05, 4.69) is 49.3 Å². The Morgan fingerprint density at radius 2 is 1.83 bits per heavy atom. The summed E-state index contributed by atoms with van der Waals surface area (Å²) in [7, 11) is 0. The van der Waals surface area contributed by atoms with Crippen LogP contribution in [0.4, 0.5) is 17.5 Å². The van der Waals surface area contributed by atoms with Crippen molar-refractivity contribution in [2.24, 2.45) is 0 Å². The Morgan fingerprint density at radius 1 is 1.03 bits per heavy atom. The number of halogens is 1. The number of aromatic amines is 1. The van der Waals surface area contributed by atoms with Crippen LogP contribution < -0.4 is 26.1 Å². The summed E-state index contributed by atoms with van der Waals surface area (Å²) in [5, 5.41) is 46.1. The number of piperazine rings is 1. The van der Waals surface area contributed by atoms with Crippen molar-refractivity contribution in [3.05, 3.63) is 123 Å². The van der Waals surface area contributed by atoms with E-state index in [4.69, 9.17) is 21.6 Å². The van der Waals surface area contributed by atoms with Crippen molar-refractivity contribution in [2.75, 3.05) is 47.8 Å². The number of nitrogens with one attached hydrogen (secondary N) is 3. The van der Waals surface area contributed by atoms with Gasteiger partial charge in [0.1, 0.15) is 17.3 Å². The average molecular weight is 882 g/mol. The van der Waals surface area contributed by atoms with Gasteiger partial charge in [0, 0.05) is 68.4 Å². The number of fused-ring (bicyclic) bond motifs is 2. The average Bonchev–Trinajstić information content (AvgIpc) is 3.69. The lowest BCUT2D eigenvalue weighted by Gasteiger charge is -2.42. The summed E-state index contributed by atoms with van der Waals surface area (Å²) in [5.41, 5.74) is 4.58. The number of phenols is 2. The molecule has 4 aromatic carbocycles. The maximum absolute atomic E-state index is 13.1. The Morgan fingerprint density at radius 3 is 2.59 bits per heavy atom. The smallest absolute Gasteiger partial charge is 0.348 e. The van der Waals surface area contributed by atoms with Gasteiger partial charge >= 0.3 is 5.69 Å². The van der Waals surface area contributed by atoms with E-state index in [9.17, 15) is 29.9 Å². The molecule has 0 saturated carbocycles. The van der Waals surface area contributed by atoms with Crippen molar-refractivity contribution in [2.45, 2.75) is 58.2 Å². The van der Waals surface area contributed by atoms with Gasteiger partial charge in [0.25, 0.3) is 0 Å². The van der Waals surface area contributed by atoms with Gasteiger partial charge in [-0.2, -0.15) is 15.3 Å². The molecule has 0 radical (unpaired) electrons. The van der Waals surface area contributed by atoms with Gasteiger partial charge in [0.15, 0.2) is 5.82 Å². The summed E-state index contributed by atoms with van der Waals surface area (Å²) in [4.78, 5) is 54.8. The van der Waals surface area contributed by atoms with Crippen LogP contribution in [0.2, 0.25) is 5.02 Å². The third-order valence-corrected chi connectivity index (χ3v) is 12.0. The number of aromatic hydroxyl groups is 2. The second-order valence-electron chi connectivity index (χ2n) is 15.8. The van der Waals surface area contributed by atoms with Crippen LogP contribution >= 0.6 is 11.6 Å². The highest BCUT2D eigenvalue weighted by Gasteiger charge is 2.33. The van der Waals surface area contributed by atoms with Crippen LogP contribution in [0.15, 0.2) is 90.2 Å². The largest absolute Gasteiger partial charge is 0.508 e. The number of carbonyl (C=O) groups is 2. The quantitative estimate of drug-likeness (QED) is 0.0801. The summed E-state index contributed by atoms with van der Waals surface area (Å²) in [6.45, 7) is 8.66. The van der Waals surface area contributed by atoms with Crippen LogP contribution in [0, 0.1) is 11.3 Å². The first kappa shape index (κ1) is 43.3. The number of hydrogen-bond acceptors (Lipinski definition) is 12. The fourth-order valence-corrected chi connectivity index (χ4v) is 8.84. The summed E-state index contributed by atoms with van der Waals surface area (Å²) in [5.74, 6) is 0.671. The zero-order valence-corrected chi connectivity index (χ0v) is 36.1. The molecule has 0 aliphatic carbocycles. The fourth-order valence-electron chi connectivity index (χ4n) is 8.56. The number of nitriles is 1. The van der Waals surface area contributed by atoms with Crippen LogP contribution in [0.25, 0.3) is 27.8 Å². The van der Waals surface area contributed by atoms with Gasteiger partial charge in [0.2, 0.25) is 17.8 Å². The number of benzene rings is 4. The van der Waals surface area contributed by atoms with E-state index in [1.165, 1.54) is 16.7 Å². The number of amides is 2. The van der Waals surface area contributed by atoms with Crippen molar-refractivity contribution < 1.29 is 19.8 Å². The van der Waals surface area contributed by atoms with Gasteiger partial charge in [-0.15, -0.1) is 0 Å². The van der Waals surface area contributed by atoms with Crippen molar-refractivity contribution in [3.8, 4) is 34.6 Å². The Kier molecular flexibility index (Phi) is 12.8. The molecule has 6 aromatic rings. The Balaban J connectivity index is 0.960. The van der Waals surface area contributed by atoms with E-state index in [-0.39, 0.29) is 61.1 Å². The lowest BCUT2D eigenvalue weighted by atomic mass is 10.0. The Hall–Kier alpha value is -7.38. The van der Waals surface area contributed by atoms with E-state index >= 15 is 0 Å².